The molecule has 0 saturated carbocycles. The predicted octanol–water partition coefficient (Wildman–Crippen LogP) is 2.02. The summed E-state index contributed by atoms with van der Waals surface area (Å²) in [5, 5.41) is 9.36. The van der Waals surface area contributed by atoms with Gasteiger partial charge in [0.05, 0.1) is 0 Å². The van der Waals surface area contributed by atoms with Gasteiger partial charge in [0.1, 0.15) is 11.1 Å². The van der Waals surface area contributed by atoms with Crippen molar-refractivity contribution < 1.29 is 14.3 Å². The van der Waals surface area contributed by atoms with Crippen LogP contribution in [-0.2, 0) is 10.2 Å². The van der Waals surface area contributed by atoms with E-state index in [9.17, 15) is 14.3 Å². The number of hydrogen-bond acceptors (Lipinski definition) is 2. The number of aliphatic carboxylic acids is 1. The summed E-state index contributed by atoms with van der Waals surface area (Å²) in [6.45, 7) is 4.09. The van der Waals surface area contributed by atoms with Crippen LogP contribution in [0.25, 0.3) is 0 Å². The Balaban J connectivity index is 3.43. The molecule has 1 atom stereocenters. The van der Waals surface area contributed by atoms with Crippen molar-refractivity contribution in [1.29, 1.82) is 0 Å². The largest absolute Gasteiger partial charge is 0.480 e. The Kier molecular flexibility index (Phi) is 3.57. The average molecular weight is 239 g/mol. The molecule has 0 aliphatic heterocycles. The van der Waals surface area contributed by atoms with Gasteiger partial charge in [-0.15, -0.1) is 0 Å². The zero-order valence-corrected chi connectivity index (χ0v) is 10.3. The third-order valence-corrected chi connectivity index (χ3v) is 3.23. The maximum Gasteiger partial charge on any atom is 0.318 e. The zero-order chi connectivity index (χ0) is 13.3. The quantitative estimate of drug-likeness (QED) is 0.845. The number of alkyl halides is 1. The molecule has 17 heavy (non-hydrogen) atoms. The molecule has 3 N–H and O–H groups in total. The Morgan fingerprint density at radius 1 is 1.35 bits per heavy atom. The van der Waals surface area contributed by atoms with Gasteiger partial charge in [-0.2, -0.15) is 0 Å². The average Bonchev–Trinajstić information content (AvgIpc) is 2.19. The minimum absolute atomic E-state index is 0.283. The van der Waals surface area contributed by atoms with E-state index in [-0.39, 0.29) is 6.54 Å². The van der Waals surface area contributed by atoms with Gasteiger partial charge >= 0.3 is 5.97 Å². The minimum atomic E-state index is -1.94. The molecule has 0 spiro atoms. The molecule has 3 nitrogen and oxygen atoms in total. The highest BCUT2D eigenvalue weighted by atomic mass is 19.1. The van der Waals surface area contributed by atoms with E-state index >= 15 is 0 Å². The summed E-state index contributed by atoms with van der Waals surface area (Å²) in [5.74, 6) is -1.24. The van der Waals surface area contributed by atoms with Crippen LogP contribution in [-0.4, -0.2) is 23.3 Å². The van der Waals surface area contributed by atoms with Gasteiger partial charge in [0.15, 0.2) is 0 Å². The Labute approximate surface area is 100 Å². The normalized spacial score (nSPS) is 15.4. The van der Waals surface area contributed by atoms with Crippen molar-refractivity contribution in [2.75, 3.05) is 6.54 Å². The maximum atomic E-state index is 14.3. The molecule has 0 fully saturated rings. The number of nitrogens with two attached hydrogens (primary N) is 1. The van der Waals surface area contributed by atoms with E-state index < -0.39 is 17.1 Å². The summed E-state index contributed by atoms with van der Waals surface area (Å²) in [5.41, 5.74) is 3.28. The van der Waals surface area contributed by atoms with Crippen LogP contribution in [0.1, 0.15) is 25.0 Å². The maximum absolute atomic E-state index is 14.3. The summed E-state index contributed by atoms with van der Waals surface area (Å²) in [6.07, 6.45) is 0. The number of carbonyl (C=O) groups is 1. The molecule has 0 heterocycles. The van der Waals surface area contributed by atoms with Gasteiger partial charge < -0.3 is 10.8 Å². The lowest BCUT2D eigenvalue weighted by Gasteiger charge is -2.37. The van der Waals surface area contributed by atoms with E-state index in [2.05, 4.69) is 0 Å². The first-order valence-electron chi connectivity index (χ1n) is 5.45. The zero-order valence-electron chi connectivity index (χ0n) is 10.3. The number of benzene rings is 1. The number of carboxylic acid groups (broad SMARTS) is 1. The highest BCUT2D eigenvalue weighted by Gasteiger charge is 2.52. The van der Waals surface area contributed by atoms with E-state index in [0.717, 1.165) is 5.56 Å². The summed E-state index contributed by atoms with van der Waals surface area (Å²) in [7, 11) is 0. The van der Waals surface area contributed by atoms with Gasteiger partial charge in [-0.1, -0.05) is 29.8 Å². The standard InChI is InChI=1S/C13H18FNO2/c1-9-4-6-10(7-5-9)13(8-15,11(16)17)12(2,3)14/h4-7H,8,15H2,1-3H3,(H,16,17). The lowest BCUT2D eigenvalue weighted by Crippen LogP contribution is -2.55. The highest BCUT2D eigenvalue weighted by Crippen LogP contribution is 2.38. The second kappa shape index (κ2) is 4.45. The molecule has 94 valence electrons. The minimum Gasteiger partial charge on any atom is -0.480 e. The molecule has 1 aromatic rings. The van der Waals surface area contributed by atoms with Gasteiger partial charge in [0, 0.05) is 6.54 Å². The number of halogens is 1. The fraction of sp³-hybridized carbons (Fsp3) is 0.462. The van der Waals surface area contributed by atoms with Gasteiger partial charge in [-0.05, 0) is 26.3 Å². The Morgan fingerprint density at radius 2 is 1.82 bits per heavy atom. The first-order chi connectivity index (χ1) is 7.75. The monoisotopic (exact) mass is 239 g/mol. The third kappa shape index (κ3) is 2.17. The molecule has 0 aliphatic rings. The van der Waals surface area contributed by atoms with Crippen molar-refractivity contribution in [3.63, 3.8) is 0 Å². The smallest absolute Gasteiger partial charge is 0.318 e. The van der Waals surface area contributed by atoms with Crippen LogP contribution in [0.5, 0.6) is 0 Å². The van der Waals surface area contributed by atoms with Crippen LogP contribution >= 0.6 is 0 Å². The van der Waals surface area contributed by atoms with Gasteiger partial charge in [-0.3, -0.25) is 4.79 Å². The summed E-state index contributed by atoms with van der Waals surface area (Å²) >= 11 is 0. The highest BCUT2D eigenvalue weighted by molar-refractivity contribution is 5.83. The van der Waals surface area contributed by atoms with Gasteiger partial charge in [0.2, 0.25) is 0 Å². The number of aryl methyl sites for hydroxylation is 1. The molecule has 0 aromatic heterocycles. The first kappa shape index (κ1) is 13.6. The fourth-order valence-electron chi connectivity index (χ4n) is 2.01. The van der Waals surface area contributed by atoms with Crippen LogP contribution in [0.3, 0.4) is 0 Å². The second-order valence-corrected chi connectivity index (χ2v) is 4.75. The summed E-state index contributed by atoms with van der Waals surface area (Å²) in [6, 6.07) is 6.76. The third-order valence-electron chi connectivity index (χ3n) is 3.23. The Bertz CT molecular complexity index is 408. The molecule has 0 radical (unpaired) electrons. The van der Waals surface area contributed by atoms with E-state index in [1.807, 2.05) is 6.92 Å². The summed E-state index contributed by atoms with van der Waals surface area (Å²) in [4.78, 5) is 11.5. The predicted molar refractivity (Wildman–Crippen MR) is 64.7 cm³/mol. The Morgan fingerprint density at radius 3 is 2.12 bits per heavy atom. The molecule has 0 saturated heterocycles. The molecule has 0 amide bonds. The van der Waals surface area contributed by atoms with E-state index in [4.69, 9.17) is 5.73 Å². The van der Waals surface area contributed by atoms with E-state index in [0.29, 0.717) is 5.56 Å². The van der Waals surface area contributed by atoms with Crippen LogP contribution in [0.4, 0.5) is 4.39 Å². The molecular formula is C13H18FNO2. The van der Waals surface area contributed by atoms with Crippen LogP contribution < -0.4 is 5.73 Å². The van der Waals surface area contributed by atoms with Crippen molar-refractivity contribution in [2.45, 2.75) is 31.9 Å². The number of rotatable bonds is 4. The van der Waals surface area contributed by atoms with E-state index in [1.165, 1.54) is 13.8 Å². The molecule has 4 heteroatoms. The van der Waals surface area contributed by atoms with Crippen LogP contribution in [0, 0.1) is 6.92 Å². The second-order valence-electron chi connectivity index (χ2n) is 4.75. The SMILES string of the molecule is Cc1ccc(C(CN)(C(=O)O)C(C)(C)F)cc1. The van der Waals surface area contributed by atoms with Crippen molar-refractivity contribution >= 4 is 5.97 Å². The molecule has 0 bridgehead atoms. The van der Waals surface area contributed by atoms with Gasteiger partial charge in [-0.25, -0.2) is 4.39 Å². The molecular weight excluding hydrogens is 221 g/mol. The lowest BCUT2D eigenvalue weighted by atomic mass is 9.69. The van der Waals surface area contributed by atoms with Crippen molar-refractivity contribution in [1.82, 2.24) is 0 Å². The fourth-order valence-corrected chi connectivity index (χ4v) is 2.01. The first-order valence-corrected chi connectivity index (χ1v) is 5.45. The number of hydrogen-bond donors (Lipinski definition) is 2. The van der Waals surface area contributed by atoms with Crippen molar-refractivity contribution in [3.8, 4) is 0 Å². The van der Waals surface area contributed by atoms with Crippen LogP contribution in [0.15, 0.2) is 24.3 Å². The molecule has 1 aromatic carbocycles. The molecule has 0 aliphatic carbocycles. The number of carboxylic acids is 1. The molecule has 1 unspecified atom stereocenters. The van der Waals surface area contributed by atoms with E-state index in [1.54, 1.807) is 24.3 Å². The molecule has 1 rings (SSSR count). The topological polar surface area (TPSA) is 63.3 Å². The Hall–Kier alpha value is -1.42. The van der Waals surface area contributed by atoms with Gasteiger partial charge in [0.25, 0.3) is 0 Å². The van der Waals surface area contributed by atoms with Crippen LogP contribution in [0.2, 0.25) is 0 Å². The van der Waals surface area contributed by atoms with Crippen molar-refractivity contribution in [3.05, 3.63) is 35.4 Å². The summed E-state index contributed by atoms with van der Waals surface area (Å²) < 4.78 is 14.3. The van der Waals surface area contributed by atoms with Crippen molar-refractivity contribution in [2.24, 2.45) is 5.73 Å². The lowest BCUT2D eigenvalue weighted by molar-refractivity contribution is -0.149.